The summed E-state index contributed by atoms with van der Waals surface area (Å²) in [4.78, 5) is 11.4. The Morgan fingerprint density at radius 2 is 2.13 bits per heavy atom. The van der Waals surface area contributed by atoms with Crippen LogP contribution in [0.2, 0.25) is 5.28 Å². The molecule has 0 amide bonds. The predicted molar refractivity (Wildman–Crippen MR) is 56.5 cm³/mol. The zero-order valence-electron chi connectivity index (χ0n) is 8.07. The van der Waals surface area contributed by atoms with Gasteiger partial charge >= 0.3 is 0 Å². The molecule has 1 aromatic heterocycles. The van der Waals surface area contributed by atoms with Crippen LogP contribution in [0.4, 0.5) is 11.9 Å². The van der Waals surface area contributed by atoms with Gasteiger partial charge in [0.1, 0.15) is 0 Å². The van der Waals surface area contributed by atoms with Gasteiger partial charge in [-0.2, -0.15) is 15.0 Å². The summed E-state index contributed by atoms with van der Waals surface area (Å²) in [6.07, 6.45) is 2.88. The molecule has 0 spiro atoms. The number of anilines is 2. The second kappa shape index (κ2) is 3.79. The van der Waals surface area contributed by atoms with E-state index in [1.807, 2.05) is 0 Å². The molecule has 7 heteroatoms. The Morgan fingerprint density at radius 1 is 1.40 bits per heavy atom. The van der Waals surface area contributed by atoms with E-state index in [1.54, 1.807) is 0 Å². The van der Waals surface area contributed by atoms with Crippen LogP contribution in [0.15, 0.2) is 0 Å². The van der Waals surface area contributed by atoms with Gasteiger partial charge in [0.2, 0.25) is 17.2 Å². The number of halogens is 1. The minimum absolute atomic E-state index is 0.0518. The molecular weight excluding hydrogens is 218 g/mol. The van der Waals surface area contributed by atoms with Gasteiger partial charge in [0.05, 0.1) is 12.1 Å². The van der Waals surface area contributed by atoms with E-state index in [0.717, 1.165) is 19.3 Å². The topological polar surface area (TPSA) is 97.0 Å². The molecule has 0 bridgehead atoms. The van der Waals surface area contributed by atoms with Crippen molar-refractivity contribution in [2.24, 2.45) is 0 Å². The lowest BCUT2D eigenvalue weighted by molar-refractivity contribution is 0.143. The standard InChI is InChI=1S/C8H12ClN5O/c9-5-11-6(10)13-7(12-5)14-8(4-15)2-1-3-8/h15H,1-4H2,(H3,10,11,12,13,14). The molecule has 1 heterocycles. The van der Waals surface area contributed by atoms with Crippen LogP contribution in [-0.2, 0) is 0 Å². The number of aromatic nitrogens is 3. The molecule has 1 fully saturated rings. The highest BCUT2D eigenvalue weighted by Gasteiger charge is 2.37. The van der Waals surface area contributed by atoms with E-state index in [9.17, 15) is 5.11 Å². The molecule has 0 radical (unpaired) electrons. The number of nitrogens with zero attached hydrogens (tertiary/aromatic N) is 3. The molecule has 82 valence electrons. The van der Waals surface area contributed by atoms with E-state index in [4.69, 9.17) is 17.3 Å². The van der Waals surface area contributed by atoms with Crippen molar-refractivity contribution < 1.29 is 5.11 Å². The van der Waals surface area contributed by atoms with Gasteiger partial charge in [-0.1, -0.05) is 0 Å². The largest absolute Gasteiger partial charge is 0.394 e. The molecule has 0 aromatic carbocycles. The van der Waals surface area contributed by atoms with Crippen molar-refractivity contribution in [2.45, 2.75) is 24.8 Å². The van der Waals surface area contributed by atoms with Crippen LogP contribution in [0.3, 0.4) is 0 Å². The molecule has 1 saturated carbocycles. The van der Waals surface area contributed by atoms with Crippen LogP contribution in [0.1, 0.15) is 19.3 Å². The fraction of sp³-hybridized carbons (Fsp3) is 0.625. The molecule has 1 aromatic rings. The highest BCUT2D eigenvalue weighted by atomic mass is 35.5. The minimum atomic E-state index is -0.308. The monoisotopic (exact) mass is 229 g/mol. The number of nitrogens with two attached hydrogens (primary N) is 1. The van der Waals surface area contributed by atoms with Gasteiger partial charge in [-0.15, -0.1) is 0 Å². The van der Waals surface area contributed by atoms with E-state index in [0.29, 0.717) is 5.95 Å². The number of hydrogen-bond donors (Lipinski definition) is 3. The maximum atomic E-state index is 9.24. The molecule has 4 N–H and O–H groups in total. The fourth-order valence-electron chi connectivity index (χ4n) is 1.58. The molecule has 15 heavy (non-hydrogen) atoms. The van der Waals surface area contributed by atoms with E-state index >= 15 is 0 Å². The maximum Gasteiger partial charge on any atom is 0.229 e. The Kier molecular flexibility index (Phi) is 2.62. The summed E-state index contributed by atoms with van der Waals surface area (Å²) >= 11 is 5.64. The number of aliphatic hydroxyl groups is 1. The molecule has 0 unspecified atom stereocenters. The van der Waals surface area contributed by atoms with Crippen molar-refractivity contribution in [1.82, 2.24) is 15.0 Å². The summed E-state index contributed by atoms with van der Waals surface area (Å²) in [5.74, 6) is 0.395. The molecule has 6 nitrogen and oxygen atoms in total. The lowest BCUT2D eigenvalue weighted by atomic mass is 9.77. The van der Waals surface area contributed by atoms with Gasteiger partial charge in [0, 0.05) is 0 Å². The summed E-state index contributed by atoms with van der Waals surface area (Å²) in [5, 5.41) is 12.3. The quantitative estimate of drug-likeness (QED) is 0.696. The van der Waals surface area contributed by atoms with Crippen LogP contribution in [0.5, 0.6) is 0 Å². The lowest BCUT2D eigenvalue weighted by Gasteiger charge is -2.40. The summed E-state index contributed by atoms with van der Waals surface area (Å²) < 4.78 is 0. The first-order valence-corrected chi connectivity index (χ1v) is 5.07. The van der Waals surface area contributed by atoms with Gasteiger partial charge in [0.25, 0.3) is 0 Å². The van der Waals surface area contributed by atoms with Crippen LogP contribution in [0.25, 0.3) is 0 Å². The first kappa shape index (κ1) is 10.4. The van der Waals surface area contributed by atoms with E-state index in [2.05, 4.69) is 20.3 Å². The smallest absolute Gasteiger partial charge is 0.229 e. The highest BCUT2D eigenvalue weighted by molar-refractivity contribution is 6.28. The Bertz CT molecular complexity index is 342. The summed E-state index contributed by atoms with van der Waals surface area (Å²) in [6, 6.07) is 0. The Morgan fingerprint density at radius 3 is 2.60 bits per heavy atom. The van der Waals surface area contributed by atoms with Crippen molar-refractivity contribution in [3.63, 3.8) is 0 Å². The molecular formula is C8H12ClN5O. The first-order valence-electron chi connectivity index (χ1n) is 4.70. The van der Waals surface area contributed by atoms with Crippen LogP contribution >= 0.6 is 11.6 Å². The third-order valence-electron chi connectivity index (χ3n) is 2.62. The van der Waals surface area contributed by atoms with Crippen molar-refractivity contribution in [3.8, 4) is 0 Å². The van der Waals surface area contributed by atoms with Crippen LogP contribution < -0.4 is 11.1 Å². The molecule has 2 rings (SSSR count). The maximum absolute atomic E-state index is 9.24. The van der Waals surface area contributed by atoms with Gasteiger partial charge in [-0.3, -0.25) is 0 Å². The summed E-state index contributed by atoms with van der Waals surface area (Å²) in [7, 11) is 0. The number of nitrogens with one attached hydrogen (secondary N) is 1. The second-order valence-corrected chi connectivity index (χ2v) is 4.04. The first-order chi connectivity index (χ1) is 7.13. The lowest BCUT2D eigenvalue weighted by Crippen LogP contribution is -2.48. The molecule has 1 aliphatic carbocycles. The van der Waals surface area contributed by atoms with Crippen LogP contribution in [0, 0.1) is 0 Å². The fourth-order valence-corrected chi connectivity index (χ4v) is 1.75. The van der Waals surface area contributed by atoms with Gasteiger partial charge in [0.15, 0.2) is 0 Å². The van der Waals surface area contributed by atoms with Gasteiger partial charge in [-0.25, -0.2) is 0 Å². The molecule has 0 aliphatic heterocycles. The Labute approximate surface area is 91.9 Å². The minimum Gasteiger partial charge on any atom is -0.394 e. The number of hydrogen-bond acceptors (Lipinski definition) is 6. The summed E-state index contributed by atoms with van der Waals surface area (Å²) in [6.45, 7) is 0.0518. The van der Waals surface area contributed by atoms with E-state index in [-0.39, 0.29) is 23.4 Å². The zero-order valence-corrected chi connectivity index (χ0v) is 8.83. The SMILES string of the molecule is Nc1nc(Cl)nc(NC2(CO)CCC2)n1. The van der Waals surface area contributed by atoms with Crippen molar-refractivity contribution in [1.29, 1.82) is 0 Å². The predicted octanol–water partition coefficient (Wildman–Crippen LogP) is 0.434. The Hall–Kier alpha value is -1.14. The second-order valence-electron chi connectivity index (χ2n) is 3.70. The number of aliphatic hydroxyl groups excluding tert-OH is 1. The van der Waals surface area contributed by atoms with E-state index < -0.39 is 0 Å². The van der Waals surface area contributed by atoms with Gasteiger partial charge < -0.3 is 16.2 Å². The average molecular weight is 230 g/mol. The molecule has 1 aliphatic rings. The van der Waals surface area contributed by atoms with Crippen molar-refractivity contribution >= 4 is 23.5 Å². The Balaban J connectivity index is 2.16. The van der Waals surface area contributed by atoms with Crippen LogP contribution in [-0.4, -0.2) is 32.2 Å². The zero-order chi connectivity index (χ0) is 10.9. The van der Waals surface area contributed by atoms with Gasteiger partial charge in [-0.05, 0) is 30.9 Å². The normalized spacial score (nSPS) is 18.3. The van der Waals surface area contributed by atoms with E-state index in [1.165, 1.54) is 0 Å². The van der Waals surface area contributed by atoms with Crippen molar-refractivity contribution in [3.05, 3.63) is 5.28 Å². The molecule has 0 saturated heterocycles. The summed E-state index contributed by atoms with van der Waals surface area (Å²) in [5.41, 5.74) is 5.12. The number of rotatable bonds is 3. The molecule has 0 atom stereocenters. The van der Waals surface area contributed by atoms with Crippen molar-refractivity contribution in [2.75, 3.05) is 17.7 Å². The average Bonchev–Trinajstić information content (AvgIpc) is 2.10. The number of nitrogen functional groups attached to an aromatic ring is 1. The third-order valence-corrected chi connectivity index (χ3v) is 2.78. The third kappa shape index (κ3) is 2.10. The highest BCUT2D eigenvalue weighted by Crippen LogP contribution is 2.34.